The Bertz CT molecular complexity index is 1500. The van der Waals surface area contributed by atoms with E-state index in [-0.39, 0.29) is 17.7 Å². The van der Waals surface area contributed by atoms with Gasteiger partial charge in [-0.3, -0.25) is 14.6 Å². The van der Waals surface area contributed by atoms with Crippen molar-refractivity contribution < 1.29 is 19.1 Å². The lowest BCUT2D eigenvalue weighted by Crippen LogP contribution is -2.57. The maximum absolute atomic E-state index is 12.8. The molecule has 1 fully saturated rings. The number of nitrogens with zero attached hydrogens (tertiary/aromatic N) is 4. The number of carbonyl (C=O) groups is 2. The van der Waals surface area contributed by atoms with E-state index in [4.69, 9.17) is 19.4 Å². The zero-order chi connectivity index (χ0) is 29.3. The number of carbonyl (C=O) groups excluding carboxylic acids is 2. The van der Waals surface area contributed by atoms with Crippen molar-refractivity contribution in [2.24, 2.45) is 0 Å². The summed E-state index contributed by atoms with van der Waals surface area (Å²) in [6.07, 6.45) is 5.28. The largest absolute Gasteiger partial charge is 0.496 e. The molecule has 9 heteroatoms. The van der Waals surface area contributed by atoms with Crippen molar-refractivity contribution in [3.8, 4) is 11.6 Å². The number of benzene rings is 1. The number of nitrogens with one attached hydrogen (secondary N) is 1. The number of likely N-dealkylation sites (tertiary alicyclic amines) is 1. The Kier molecular flexibility index (Phi) is 7.91. The van der Waals surface area contributed by atoms with E-state index in [2.05, 4.69) is 21.3 Å². The lowest BCUT2D eigenvalue weighted by molar-refractivity contribution is 0.0857. The molecule has 0 radical (unpaired) electrons. The van der Waals surface area contributed by atoms with Crippen LogP contribution in [0.3, 0.4) is 0 Å². The molecule has 1 aliphatic carbocycles. The van der Waals surface area contributed by atoms with Gasteiger partial charge in [-0.25, -0.2) is 4.98 Å². The van der Waals surface area contributed by atoms with Crippen LogP contribution >= 0.6 is 0 Å². The lowest BCUT2D eigenvalue weighted by atomic mass is 10.0. The Balaban J connectivity index is 1.42. The summed E-state index contributed by atoms with van der Waals surface area (Å²) in [5, 5.41) is 3.07. The number of Topliss-reactive ketones (excluding diaryl/α,β-unsaturated/α-hetero) is 1. The average molecular weight is 556 g/mol. The molecule has 0 unspecified atom stereocenters. The van der Waals surface area contributed by atoms with Crippen LogP contribution in [0, 0.1) is 0 Å². The fourth-order valence-corrected chi connectivity index (χ4v) is 5.12. The van der Waals surface area contributed by atoms with E-state index >= 15 is 0 Å². The van der Waals surface area contributed by atoms with Gasteiger partial charge in [-0.15, -0.1) is 0 Å². The summed E-state index contributed by atoms with van der Waals surface area (Å²) in [4.78, 5) is 41.2. The van der Waals surface area contributed by atoms with Crippen LogP contribution in [0.4, 0.5) is 0 Å². The van der Waals surface area contributed by atoms with Gasteiger partial charge in [-0.1, -0.05) is 25.1 Å². The summed E-state index contributed by atoms with van der Waals surface area (Å²) in [5.41, 5.74) is 4.96. The first-order valence-electron chi connectivity index (χ1n) is 14.0. The molecule has 0 bridgehead atoms. The molecule has 41 heavy (non-hydrogen) atoms. The van der Waals surface area contributed by atoms with Gasteiger partial charge in [0.15, 0.2) is 5.78 Å². The van der Waals surface area contributed by atoms with E-state index in [9.17, 15) is 9.59 Å². The minimum Gasteiger partial charge on any atom is -0.496 e. The third-order valence-corrected chi connectivity index (χ3v) is 7.15. The topological polar surface area (TPSA) is 107 Å². The molecule has 1 amide bonds. The van der Waals surface area contributed by atoms with Crippen molar-refractivity contribution in [2.75, 3.05) is 27.2 Å². The van der Waals surface area contributed by atoms with E-state index < -0.39 is 5.60 Å². The molecule has 3 aromatic rings. The van der Waals surface area contributed by atoms with Crippen molar-refractivity contribution >= 4 is 17.3 Å². The highest BCUT2D eigenvalue weighted by Gasteiger charge is 2.28. The quantitative estimate of drug-likeness (QED) is 0.390. The molecule has 214 valence electrons. The van der Waals surface area contributed by atoms with Crippen LogP contribution in [0.2, 0.25) is 0 Å². The Morgan fingerprint density at radius 1 is 1.12 bits per heavy atom. The second kappa shape index (κ2) is 11.4. The predicted molar refractivity (Wildman–Crippen MR) is 157 cm³/mol. The van der Waals surface area contributed by atoms with E-state index in [0.717, 1.165) is 41.0 Å². The number of hydrogen-bond donors (Lipinski definition) is 1. The molecule has 0 atom stereocenters. The molecule has 1 saturated heterocycles. The van der Waals surface area contributed by atoms with Gasteiger partial charge in [0.25, 0.3) is 5.91 Å². The number of pyridine rings is 1. The second-order valence-electron chi connectivity index (χ2n) is 11.6. The smallest absolute Gasteiger partial charge is 0.251 e. The summed E-state index contributed by atoms with van der Waals surface area (Å²) in [5.74, 6) is 1.63. The molecule has 1 aliphatic heterocycles. The molecule has 2 aliphatic rings. The van der Waals surface area contributed by atoms with Gasteiger partial charge in [0.2, 0.25) is 5.88 Å². The van der Waals surface area contributed by atoms with Crippen molar-refractivity contribution in [1.29, 1.82) is 0 Å². The summed E-state index contributed by atoms with van der Waals surface area (Å²) in [7, 11) is 3.63. The average Bonchev–Trinajstić information content (AvgIpc) is 3.35. The number of aromatic nitrogens is 3. The van der Waals surface area contributed by atoms with Crippen molar-refractivity contribution in [3.63, 3.8) is 0 Å². The maximum Gasteiger partial charge on any atom is 0.251 e. The number of likely N-dealkylation sites (N-methyl/N-ethyl adjacent to an activating group) is 1. The first-order chi connectivity index (χ1) is 19.5. The van der Waals surface area contributed by atoms with E-state index in [0.29, 0.717) is 48.0 Å². The Labute approximate surface area is 241 Å². The third-order valence-electron chi connectivity index (χ3n) is 7.15. The molecule has 5 rings (SSSR count). The van der Waals surface area contributed by atoms with Crippen molar-refractivity contribution in [1.82, 2.24) is 25.2 Å². The Morgan fingerprint density at radius 3 is 2.54 bits per heavy atom. The van der Waals surface area contributed by atoms with Gasteiger partial charge in [0.05, 0.1) is 24.4 Å². The fourth-order valence-electron chi connectivity index (χ4n) is 5.12. The molecule has 0 saturated carbocycles. The molecule has 3 heterocycles. The number of methoxy groups -OCH3 is 1. The first-order valence-corrected chi connectivity index (χ1v) is 14.0. The number of amides is 1. The van der Waals surface area contributed by atoms with E-state index in [1.807, 2.05) is 52.9 Å². The summed E-state index contributed by atoms with van der Waals surface area (Å²) in [6, 6.07) is 9.33. The van der Waals surface area contributed by atoms with Crippen LogP contribution in [0.15, 0.2) is 42.6 Å². The van der Waals surface area contributed by atoms with Gasteiger partial charge in [-0.2, -0.15) is 4.98 Å². The van der Waals surface area contributed by atoms with Gasteiger partial charge < -0.3 is 19.7 Å². The molecule has 9 nitrogen and oxygen atoms in total. The number of ether oxygens (including phenoxy) is 2. The zero-order valence-electron chi connectivity index (χ0n) is 24.6. The Hall–Kier alpha value is -4.11. The van der Waals surface area contributed by atoms with Gasteiger partial charge in [0.1, 0.15) is 22.9 Å². The molecule has 1 N–H and O–H groups in total. The predicted octanol–water partition coefficient (Wildman–Crippen LogP) is 4.27. The van der Waals surface area contributed by atoms with Crippen molar-refractivity contribution in [2.45, 2.75) is 58.6 Å². The second-order valence-corrected chi connectivity index (χ2v) is 11.6. The number of allylic oxidation sites excluding steroid dienone is 1. The summed E-state index contributed by atoms with van der Waals surface area (Å²) >= 11 is 0. The minimum absolute atomic E-state index is 0.0115. The number of fused-ring (bicyclic) bond motifs is 1. The van der Waals surface area contributed by atoms with E-state index in [1.165, 1.54) is 0 Å². The number of hydrogen-bond acceptors (Lipinski definition) is 8. The highest BCUT2D eigenvalue weighted by molar-refractivity contribution is 5.95. The molecule has 0 spiro atoms. The van der Waals surface area contributed by atoms with Crippen LogP contribution in [-0.4, -0.2) is 70.4 Å². The van der Waals surface area contributed by atoms with Gasteiger partial charge in [0, 0.05) is 55.2 Å². The van der Waals surface area contributed by atoms with Crippen LogP contribution in [-0.2, 0) is 12.8 Å². The number of ketones is 1. The van der Waals surface area contributed by atoms with Crippen LogP contribution in [0.25, 0.3) is 5.57 Å². The Morgan fingerprint density at radius 2 is 1.90 bits per heavy atom. The first kappa shape index (κ1) is 28.4. The monoisotopic (exact) mass is 555 g/mol. The van der Waals surface area contributed by atoms with Crippen LogP contribution in [0.5, 0.6) is 11.6 Å². The van der Waals surface area contributed by atoms with Crippen LogP contribution < -0.4 is 14.8 Å². The SMILES string of the molecule is CCC(=O)c1ccc(C2=CCc3nc(Cc4ccc(C(=O)NC5CN(C)C5)cc4OC)nc(OC(C)(C)C)c32)cn1. The maximum atomic E-state index is 12.8. The molecular formula is C32H37N5O4. The lowest BCUT2D eigenvalue weighted by Gasteiger charge is -2.36. The fraction of sp³-hybridized carbons (Fsp3) is 0.406. The highest BCUT2D eigenvalue weighted by Crippen LogP contribution is 2.39. The van der Waals surface area contributed by atoms with Gasteiger partial charge >= 0.3 is 0 Å². The van der Waals surface area contributed by atoms with Gasteiger partial charge in [-0.05, 0) is 51.6 Å². The van der Waals surface area contributed by atoms with Crippen LogP contribution in [0.1, 0.15) is 83.2 Å². The molecule has 1 aromatic carbocycles. The summed E-state index contributed by atoms with van der Waals surface area (Å²) in [6.45, 7) is 9.50. The molecule has 2 aromatic heterocycles. The van der Waals surface area contributed by atoms with E-state index in [1.54, 1.807) is 25.4 Å². The zero-order valence-corrected chi connectivity index (χ0v) is 24.6. The minimum atomic E-state index is -0.481. The van der Waals surface area contributed by atoms with Crippen molar-refractivity contribution in [3.05, 3.63) is 82.1 Å². The highest BCUT2D eigenvalue weighted by atomic mass is 16.5. The number of rotatable bonds is 9. The summed E-state index contributed by atoms with van der Waals surface area (Å²) < 4.78 is 12.0. The normalized spacial score (nSPS) is 15.1. The molecular weight excluding hydrogens is 518 g/mol. The standard InChI is InChI=1S/C32H37N5O4/c1-7-26(38)24-12-10-21(16-33-24)23-11-13-25-29(23)31(41-32(2,3)4)36-28(35-25)15-19-8-9-20(14-27(19)40-6)30(39)34-22-17-37(5)18-22/h8-12,14,16,22H,7,13,15,17-18H2,1-6H3,(H,34,39). The third kappa shape index (κ3) is 6.30.